The molecule has 1 aromatic rings. The lowest BCUT2D eigenvalue weighted by molar-refractivity contribution is 1.11. The highest BCUT2D eigenvalue weighted by molar-refractivity contribution is 7.79. The third-order valence-corrected chi connectivity index (χ3v) is 2.43. The molecule has 0 bridgehead atoms. The first-order valence-corrected chi connectivity index (χ1v) is 4.50. The zero-order valence-corrected chi connectivity index (χ0v) is 7.20. The first kappa shape index (κ1) is 7.04. The van der Waals surface area contributed by atoms with Gasteiger partial charge < -0.3 is 5.32 Å². The number of nitrogens with one attached hydrogen (secondary N) is 1. The quantitative estimate of drug-likeness (QED) is 0.607. The maximum Gasteiger partial charge on any atom is 0.0376 e. The summed E-state index contributed by atoms with van der Waals surface area (Å²) in [6.07, 6.45) is 1.17. The van der Waals surface area contributed by atoms with E-state index in [1.165, 1.54) is 23.2 Å². The first-order valence-electron chi connectivity index (χ1n) is 3.86. The Kier molecular flexibility index (Phi) is 1.78. The maximum absolute atomic E-state index is 4.22. The van der Waals surface area contributed by atoms with E-state index in [0.717, 1.165) is 12.3 Å². The maximum atomic E-state index is 4.22. The molecular formula is C9H11NS. The fraction of sp³-hybridized carbons (Fsp3) is 0.333. The van der Waals surface area contributed by atoms with Gasteiger partial charge in [-0.15, -0.1) is 0 Å². The summed E-state index contributed by atoms with van der Waals surface area (Å²) in [5.41, 5.74) is 4.04. The highest BCUT2D eigenvalue weighted by Gasteiger charge is 2.08. The zero-order valence-electron chi connectivity index (χ0n) is 6.30. The molecule has 0 aromatic heterocycles. The van der Waals surface area contributed by atoms with Gasteiger partial charge in [0.1, 0.15) is 0 Å². The van der Waals surface area contributed by atoms with Crippen LogP contribution in [-0.4, -0.2) is 6.54 Å². The minimum Gasteiger partial charge on any atom is -0.384 e. The summed E-state index contributed by atoms with van der Waals surface area (Å²) in [7, 11) is 0. The van der Waals surface area contributed by atoms with Crippen LogP contribution in [-0.2, 0) is 12.2 Å². The van der Waals surface area contributed by atoms with Crippen molar-refractivity contribution in [3.05, 3.63) is 29.3 Å². The summed E-state index contributed by atoms with van der Waals surface area (Å²) in [5, 5.41) is 3.34. The van der Waals surface area contributed by atoms with Crippen LogP contribution in [0.3, 0.4) is 0 Å². The molecule has 1 nitrogen and oxygen atoms in total. The molecule has 2 rings (SSSR count). The molecule has 0 radical (unpaired) electrons. The van der Waals surface area contributed by atoms with Gasteiger partial charge in [-0.2, -0.15) is 12.6 Å². The van der Waals surface area contributed by atoms with Crippen LogP contribution in [0.5, 0.6) is 0 Å². The van der Waals surface area contributed by atoms with Crippen molar-refractivity contribution in [3.8, 4) is 0 Å². The number of fused-ring (bicyclic) bond motifs is 1. The normalized spacial score (nSPS) is 14.3. The zero-order chi connectivity index (χ0) is 7.68. The fourth-order valence-electron chi connectivity index (χ4n) is 1.44. The standard InChI is InChI=1S/C9H11NS/c11-6-7-1-2-8-3-4-10-9(8)5-7/h1-2,5,10-11H,3-4,6H2. The molecule has 1 aromatic carbocycles. The monoisotopic (exact) mass is 165 g/mol. The number of hydrogen-bond donors (Lipinski definition) is 2. The molecule has 0 unspecified atom stereocenters. The van der Waals surface area contributed by atoms with E-state index in [1.807, 2.05) is 0 Å². The Balaban J connectivity index is 2.41. The summed E-state index contributed by atoms with van der Waals surface area (Å²) < 4.78 is 0. The summed E-state index contributed by atoms with van der Waals surface area (Å²) >= 11 is 4.22. The van der Waals surface area contributed by atoms with Gasteiger partial charge in [-0.25, -0.2) is 0 Å². The van der Waals surface area contributed by atoms with E-state index in [1.54, 1.807) is 0 Å². The molecule has 1 aliphatic heterocycles. The second-order valence-corrected chi connectivity index (χ2v) is 3.14. The molecule has 0 saturated carbocycles. The van der Waals surface area contributed by atoms with Gasteiger partial charge in [-0.05, 0) is 23.6 Å². The van der Waals surface area contributed by atoms with Gasteiger partial charge in [0.05, 0.1) is 0 Å². The predicted octanol–water partition coefficient (Wildman–Crippen LogP) is 2.08. The summed E-state index contributed by atoms with van der Waals surface area (Å²) in [6, 6.07) is 6.54. The van der Waals surface area contributed by atoms with E-state index >= 15 is 0 Å². The van der Waals surface area contributed by atoms with E-state index in [0.29, 0.717) is 0 Å². The highest BCUT2D eigenvalue weighted by atomic mass is 32.1. The van der Waals surface area contributed by atoms with Crippen molar-refractivity contribution in [1.82, 2.24) is 0 Å². The molecule has 1 heterocycles. The number of anilines is 1. The minimum atomic E-state index is 0.828. The molecule has 0 atom stereocenters. The van der Waals surface area contributed by atoms with Gasteiger partial charge in [0.25, 0.3) is 0 Å². The van der Waals surface area contributed by atoms with Crippen LogP contribution in [0.2, 0.25) is 0 Å². The second kappa shape index (κ2) is 2.78. The van der Waals surface area contributed by atoms with Crippen molar-refractivity contribution in [2.24, 2.45) is 0 Å². The van der Waals surface area contributed by atoms with Crippen molar-refractivity contribution in [1.29, 1.82) is 0 Å². The van der Waals surface area contributed by atoms with Gasteiger partial charge >= 0.3 is 0 Å². The lowest BCUT2D eigenvalue weighted by atomic mass is 10.1. The first-order chi connectivity index (χ1) is 5.40. The van der Waals surface area contributed by atoms with Crippen LogP contribution >= 0.6 is 12.6 Å². The third-order valence-electron chi connectivity index (χ3n) is 2.07. The number of hydrogen-bond acceptors (Lipinski definition) is 2. The Labute approximate surface area is 72.2 Å². The lowest BCUT2D eigenvalue weighted by Crippen LogP contribution is -1.91. The van der Waals surface area contributed by atoms with E-state index in [-0.39, 0.29) is 0 Å². The molecule has 1 N–H and O–H groups in total. The van der Waals surface area contributed by atoms with Crippen LogP contribution in [0.4, 0.5) is 5.69 Å². The van der Waals surface area contributed by atoms with E-state index < -0.39 is 0 Å². The Morgan fingerprint density at radius 2 is 2.36 bits per heavy atom. The molecule has 0 fully saturated rings. The Morgan fingerprint density at radius 3 is 3.18 bits per heavy atom. The highest BCUT2D eigenvalue weighted by Crippen LogP contribution is 2.23. The van der Waals surface area contributed by atoms with Crippen LogP contribution in [0.1, 0.15) is 11.1 Å². The van der Waals surface area contributed by atoms with Crippen molar-refractivity contribution in [2.75, 3.05) is 11.9 Å². The molecule has 0 saturated heterocycles. The number of rotatable bonds is 1. The van der Waals surface area contributed by atoms with Gasteiger partial charge in [-0.1, -0.05) is 12.1 Å². The van der Waals surface area contributed by atoms with Crippen LogP contribution in [0, 0.1) is 0 Å². The van der Waals surface area contributed by atoms with Crippen LogP contribution in [0.15, 0.2) is 18.2 Å². The predicted molar refractivity (Wildman–Crippen MR) is 51.3 cm³/mol. The summed E-state index contributed by atoms with van der Waals surface area (Å²) in [6.45, 7) is 1.09. The van der Waals surface area contributed by atoms with Crippen molar-refractivity contribution in [3.63, 3.8) is 0 Å². The molecule has 11 heavy (non-hydrogen) atoms. The number of benzene rings is 1. The van der Waals surface area contributed by atoms with Gasteiger partial charge in [0, 0.05) is 18.0 Å². The average Bonchev–Trinajstić information content (AvgIpc) is 2.50. The van der Waals surface area contributed by atoms with Crippen molar-refractivity contribution >= 4 is 18.3 Å². The van der Waals surface area contributed by atoms with Crippen molar-refractivity contribution < 1.29 is 0 Å². The van der Waals surface area contributed by atoms with E-state index in [2.05, 4.69) is 36.1 Å². The fourth-order valence-corrected chi connectivity index (χ4v) is 1.63. The Morgan fingerprint density at radius 1 is 1.45 bits per heavy atom. The van der Waals surface area contributed by atoms with E-state index in [9.17, 15) is 0 Å². The smallest absolute Gasteiger partial charge is 0.0376 e. The molecule has 0 aliphatic carbocycles. The van der Waals surface area contributed by atoms with E-state index in [4.69, 9.17) is 0 Å². The van der Waals surface area contributed by atoms with Crippen LogP contribution < -0.4 is 5.32 Å². The van der Waals surface area contributed by atoms with Crippen LogP contribution in [0.25, 0.3) is 0 Å². The summed E-state index contributed by atoms with van der Waals surface area (Å²) in [4.78, 5) is 0. The Hall–Kier alpha value is -0.630. The lowest BCUT2D eigenvalue weighted by Gasteiger charge is -2.01. The molecule has 1 aliphatic rings. The third kappa shape index (κ3) is 1.23. The van der Waals surface area contributed by atoms with Gasteiger partial charge in [0.2, 0.25) is 0 Å². The Bertz CT molecular complexity index is 270. The minimum absolute atomic E-state index is 0.828. The van der Waals surface area contributed by atoms with Gasteiger partial charge in [-0.3, -0.25) is 0 Å². The number of thiol groups is 1. The molecule has 2 heteroatoms. The molecule has 0 amide bonds. The molecular weight excluding hydrogens is 154 g/mol. The average molecular weight is 165 g/mol. The topological polar surface area (TPSA) is 12.0 Å². The van der Waals surface area contributed by atoms with Gasteiger partial charge in [0.15, 0.2) is 0 Å². The summed E-state index contributed by atoms with van der Waals surface area (Å²) in [5.74, 6) is 0.828. The largest absolute Gasteiger partial charge is 0.384 e. The van der Waals surface area contributed by atoms with Crippen molar-refractivity contribution in [2.45, 2.75) is 12.2 Å². The molecule has 0 spiro atoms. The molecule has 58 valence electrons. The SMILES string of the molecule is SCc1ccc2c(c1)NCC2. The second-order valence-electron chi connectivity index (χ2n) is 2.83.